The predicted molar refractivity (Wildman–Crippen MR) is 75.6 cm³/mol. The van der Waals surface area contributed by atoms with E-state index in [1.807, 2.05) is 0 Å². The fraction of sp³-hybridized carbons (Fsp3) is 1.00. The van der Waals surface area contributed by atoms with E-state index in [1.165, 1.54) is 77.7 Å². The minimum absolute atomic E-state index is 0.476. The lowest BCUT2D eigenvalue weighted by Gasteiger charge is -2.32. The minimum Gasteiger partial charge on any atom is -0.327 e. The van der Waals surface area contributed by atoms with Crippen molar-refractivity contribution in [3.05, 3.63) is 0 Å². The van der Waals surface area contributed by atoms with Crippen LogP contribution in [0.2, 0.25) is 0 Å². The van der Waals surface area contributed by atoms with E-state index in [9.17, 15) is 0 Å². The summed E-state index contributed by atoms with van der Waals surface area (Å²) in [6, 6.07) is 1.33. The van der Waals surface area contributed by atoms with E-state index in [4.69, 9.17) is 5.73 Å². The van der Waals surface area contributed by atoms with Crippen LogP contribution in [0.25, 0.3) is 0 Å². The molecule has 18 heavy (non-hydrogen) atoms. The van der Waals surface area contributed by atoms with Crippen LogP contribution >= 0.6 is 0 Å². The zero-order chi connectivity index (χ0) is 12.4. The second-order valence-corrected chi connectivity index (χ2v) is 6.65. The first kappa shape index (κ1) is 12.9. The van der Waals surface area contributed by atoms with Gasteiger partial charge < -0.3 is 10.6 Å². The van der Waals surface area contributed by atoms with Gasteiger partial charge in [-0.3, -0.25) is 4.90 Å². The summed E-state index contributed by atoms with van der Waals surface area (Å²) >= 11 is 0. The summed E-state index contributed by atoms with van der Waals surface area (Å²) in [5.41, 5.74) is 6.28. The average Bonchev–Trinajstić information content (AvgIpc) is 3.02. The van der Waals surface area contributed by atoms with Crippen molar-refractivity contribution in [2.45, 2.75) is 57.0 Å². The number of hydrogen-bond acceptors (Lipinski definition) is 3. The van der Waals surface area contributed by atoms with Gasteiger partial charge in [0.15, 0.2) is 0 Å². The highest BCUT2D eigenvalue weighted by molar-refractivity contribution is 4.88. The highest BCUT2D eigenvalue weighted by Crippen LogP contribution is 2.26. The summed E-state index contributed by atoms with van der Waals surface area (Å²) in [7, 11) is 0. The maximum Gasteiger partial charge on any atom is 0.0235 e. The molecule has 0 radical (unpaired) electrons. The van der Waals surface area contributed by atoms with Crippen molar-refractivity contribution in [2.24, 2.45) is 11.7 Å². The van der Waals surface area contributed by atoms with Gasteiger partial charge in [-0.15, -0.1) is 0 Å². The van der Waals surface area contributed by atoms with E-state index in [0.29, 0.717) is 6.04 Å². The van der Waals surface area contributed by atoms with Gasteiger partial charge in [-0.2, -0.15) is 0 Å². The third kappa shape index (κ3) is 2.89. The number of hydrogen-bond donors (Lipinski definition) is 1. The van der Waals surface area contributed by atoms with Gasteiger partial charge >= 0.3 is 0 Å². The van der Waals surface area contributed by atoms with Crippen molar-refractivity contribution in [2.75, 3.05) is 32.7 Å². The Balaban J connectivity index is 1.46. The Hall–Kier alpha value is -0.120. The molecule has 2 heterocycles. The molecule has 3 rings (SSSR count). The summed E-state index contributed by atoms with van der Waals surface area (Å²) < 4.78 is 0. The quantitative estimate of drug-likeness (QED) is 0.828. The van der Waals surface area contributed by atoms with Crippen LogP contribution in [-0.4, -0.2) is 54.6 Å². The lowest BCUT2D eigenvalue weighted by molar-refractivity contribution is 0.189. The molecule has 3 aliphatic rings. The first-order valence-corrected chi connectivity index (χ1v) is 8.05. The molecule has 0 amide bonds. The predicted octanol–water partition coefficient (Wildman–Crippen LogP) is 1.67. The first-order chi connectivity index (χ1) is 8.83. The molecule has 2 aliphatic heterocycles. The van der Waals surface area contributed by atoms with Gasteiger partial charge in [-0.05, 0) is 57.7 Å². The zero-order valence-corrected chi connectivity index (χ0v) is 11.7. The van der Waals surface area contributed by atoms with Crippen molar-refractivity contribution in [1.29, 1.82) is 0 Å². The highest BCUT2D eigenvalue weighted by atomic mass is 15.3. The standard InChI is InChI=1S/C15H29N3/c16-15-6-2-1-5-13(15)11-17-10-7-14(12-17)18-8-3-4-9-18/h13-15H,1-12,16H2. The number of rotatable bonds is 3. The molecule has 3 fully saturated rings. The lowest BCUT2D eigenvalue weighted by Crippen LogP contribution is -2.42. The van der Waals surface area contributed by atoms with Gasteiger partial charge in [0.05, 0.1) is 0 Å². The molecule has 1 saturated carbocycles. The molecular weight excluding hydrogens is 222 g/mol. The van der Waals surface area contributed by atoms with E-state index in [-0.39, 0.29) is 0 Å². The van der Waals surface area contributed by atoms with Crippen LogP contribution in [0.3, 0.4) is 0 Å². The summed E-state index contributed by atoms with van der Waals surface area (Å²) in [4.78, 5) is 5.42. The highest BCUT2D eigenvalue weighted by Gasteiger charge is 2.31. The molecule has 0 aromatic heterocycles. The van der Waals surface area contributed by atoms with Gasteiger partial charge in [-0.25, -0.2) is 0 Å². The molecule has 3 nitrogen and oxygen atoms in total. The molecule has 3 atom stereocenters. The summed E-state index contributed by atoms with van der Waals surface area (Å²) in [5.74, 6) is 0.774. The minimum atomic E-state index is 0.476. The largest absolute Gasteiger partial charge is 0.327 e. The van der Waals surface area contributed by atoms with Crippen molar-refractivity contribution < 1.29 is 0 Å². The Labute approximate surface area is 112 Å². The van der Waals surface area contributed by atoms with E-state index in [2.05, 4.69) is 9.80 Å². The molecule has 2 saturated heterocycles. The van der Waals surface area contributed by atoms with Crippen LogP contribution in [0.4, 0.5) is 0 Å². The lowest BCUT2D eigenvalue weighted by atomic mass is 9.85. The SMILES string of the molecule is NC1CCCCC1CN1CCC(N2CCCC2)C1. The van der Waals surface area contributed by atoms with Crippen LogP contribution in [0.1, 0.15) is 44.9 Å². The molecule has 1 aliphatic carbocycles. The molecule has 2 N–H and O–H groups in total. The maximum absolute atomic E-state index is 6.28. The van der Waals surface area contributed by atoms with Crippen LogP contribution in [0, 0.1) is 5.92 Å². The Morgan fingerprint density at radius 1 is 0.889 bits per heavy atom. The maximum atomic E-state index is 6.28. The average molecular weight is 251 g/mol. The van der Waals surface area contributed by atoms with Crippen LogP contribution in [0.5, 0.6) is 0 Å². The summed E-state index contributed by atoms with van der Waals surface area (Å²) in [6.45, 7) is 6.59. The molecule has 3 unspecified atom stereocenters. The fourth-order valence-electron chi connectivity index (χ4n) is 4.18. The number of likely N-dealkylation sites (tertiary alicyclic amines) is 2. The molecule has 3 heteroatoms. The Morgan fingerprint density at radius 3 is 2.44 bits per heavy atom. The topological polar surface area (TPSA) is 32.5 Å². The molecule has 0 bridgehead atoms. The third-order valence-corrected chi connectivity index (χ3v) is 5.37. The fourth-order valence-corrected chi connectivity index (χ4v) is 4.18. The van der Waals surface area contributed by atoms with Crippen LogP contribution in [0.15, 0.2) is 0 Å². The molecule has 0 aromatic carbocycles. The van der Waals surface area contributed by atoms with Gasteiger partial charge in [0.1, 0.15) is 0 Å². The Morgan fingerprint density at radius 2 is 1.67 bits per heavy atom. The molecule has 104 valence electrons. The van der Waals surface area contributed by atoms with E-state index in [0.717, 1.165) is 12.0 Å². The Kier molecular flexibility index (Phi) is 4.22. The van der Waals surface area contributed by atoms with E-state index < -0.39 is 0 Å². The van der Waals surface area contributed by atoms with E-state index in [1.54, 1.807) is 0 Å². The van der Waals surface area contributed by atoms with E-state index >= 15 is 0 Å². The molecular formula is C15H29N3. The van der Waals surface area contributed by atoms with Crippen molar-refractivity contribution in [3.8, 4) is 0 Å². The second-order valence-electron chi connectivity index (χ2n) is 6.65. The van der Waals surface area contributed by atoms with Crippen molar-refractivity contribution in [3.63, 3.8) is 0 Å². The first-order valence-electron chi connectivity index (χ1n) is 8.05. The van der Waals surface area contributed by atoms with Gasteiger partial charge in [0.25, 0.3) is 0 Å². The van der Waals surface area contributed by atoms with Crippen LogP contribution < -0.4 is 5.73 Å². The smallest absolute Gasteiger partial charge is 0.0235 e. The van der Waals surface area contributed by atoms with Crippen molar-refractivity contribution in [1.82, 2.24) is 9.80 Å². The summed E-state index contributed by atoms with van der Waals surface area (Å²) in [5, 5.41) is 0. The van der Waals surface area contributed by atoms with Gasteiger partial charge in [0.2, 0.25) is 0 Å². The number of nitrogens with two attached hydrogens (primary N) is 1. The van der Waals surface area contributed by atoms with Gasteiger partial charge in [-0.1, -0.05) is 12.8 Å². The second kappa shape index (κ2) is 5.89. The van der Waals surface area contributed by atoms with Crippen LogP contribution in [-0.2, 0) is 0 Å². The normalized spacial score (nSPS) is 39.5. The zero-order valence-electron chi connectivity index (χ0n) is 11.7. The number of nitrogens with zero attached hydrogens (tertiary/aromatic N) is 2. The third-order valence-electron chi connectivity index (χ3n) is 5.37. The monoisotopic (exact) mass is 251 g/mol. The molecule has 0 spiro atoms. The summed E-state index contributed by atoms with van der Waals surface area (Å²) in [6.07, 6.45) is 9.62. The van der Waals surface area contributed by atoms with Gasteiger partial charge in [0, 0.05) is 25.2 Å². The Bertz CT molecular complexity index is 262. The molecule has 0 aromatic rings. The van der Waals surface area contributed by atoms with Crippen molar-refractivity contribution >= 4 is 0 Å².